The minimum Gasteiger partial charge on any atom is -0.465 e. The van der Waals surface area contributed by atoms with Crippen LogP contribution in [0.4, 0.5) is 44.3 Å². The molecule has 0 saturated heterocycles. The SMILES string of the molecule is O=C(O)N(Cc1cc(C(F)(F)F)cc(C(F)(F)F)c1)Cc1cc(C(F)(F)F)ccc1I. The number of benzene rings is 2. The number of alkyl halides is 9. The van der Waals surface area contributed by atoms with Gasteiger partial charge in [-0.25, -0.2) is 4.79 Å². The first-order valence-electron chi connectivity index (χ1n) is 8.10. The van der Waals surface area contributed by atoms with Crippen LogP contribution in [0.5, 0.6) is 0 Å². The lowest BCUT2D eigenvalue weighted by Crippen LogP contribution is -2.29. The molecular weight excluding hydrogens is 560 g/mol. The second-order valence-corrected chi connectivity index (χ2v) is 7.52. The van der Waals surface area contributed by atoms with Crippen LogP contribution in [0.3, 0.4) is 0 Å². The molecule has 31 heavy (non-hydrogen) atoms. The second-order valence-electron chi connectivity index (χ2n) is 6.36. The van der Waals surface area contributed by atoms with E-state index >= 15 is 0 Å². The number of hydrogen-bond donors (Lipinski definition) is 1. The Balaban J connectivity index is 2.44. The van der Waals surface area contributed by atoms with E-state index in [-0.39, 0.29) is 15.2 Å². The molecule has 0 aromatic heterocycles. The number of rotatable bonds is 4. The van der Waals surface area contributed by atoms with Crippen molar-refractivity contribution in [3.63, 3.8) is 0 Å². The van der Waals surface area contributed by atoms with Crippen LogP contribution in [0.15, 0.2) is 36.4 Å². The summed E-state index contributed by atoms with van der Waals surface area (Å²) in [5, 5.41) is 9.33. The molecule has 0 bridgehead atoms. The molecule has 0 atom stereocenters. The third-order valence-electron chi connectivity index (χ3n) is 4.03. The van der Waals surface area contributed by atoms with E-state index < -0.39 is 60.0 Å². The highest BCUT2D eigenvalue weighted by Crippen LogP contribution is 2.37. The molecule has 0 spiro atoms. The van der Waals surface area contributed by atoms with Gasteiger partial charge in [-0.1, -0.05) is 0 Å². The highest BCUT2D eigenvalue weighted by molar-refractivity contribution is 14.1. The van der Waals surface area contributed by atoms with E-state index in [0.717, 1.165) is 12.1 Å². The van der Waals surface area contributed by atoms with Crippen molar-refractivity contribution in [3.8, 4) is 0 Å². The third-order valence-corrected chi connectivity index (χ3v) is 5.08. The molecule has 170 valence electrons. The molecule has 2 aromatic rings. The van der Waals surface area contributed by atoms with Gasteiger partial charge in [0.05, 0.1) is 23.2 Å². The van der Waals surface area contributed by atoms with Gasteiger partial charge in [0.1, 0.15) is 0 Å². The summed E-state index contributed by atoms with van der Waals surface area (Å²) in [5.74, 6) is 0. The summed E-state index contributed by atoms with van der Waals surface area (Å²) in [6.07, 6.45) is -16.7. The van der Waals surface area contributed by atoms with E-state index in [0.29, 0.717) is 23.1 Å². The zero-order chi connectivity index (χ0) is 23.8. The summed E-state index contributed by atoms with van der Waals surface area (Å²) in [7, 11) is 0. The second kappa shape index (κ2) is 8.74. The lowest BCUT2D eigenvalue weighted by Gasteiger charge is -2.22. The molecule has 0 aliphatic carbocycles. The largest absolute Gasteiger partial charge is 0.465 e. The molecule has 0 aliphatic rings. The first-order valence-corrected chi connectivity index (χ1v) is 9.18. The Morgan fingerprint density at radius 3 is 1.68 bits per heavy atom. The Hall–Kier alpha value is -2.19. The average molecular weight is 571 g/mol. The maximum atomic E-state index is 13.0. The molecule has 0 fully saturated rings. The number of amides is 1. The quantitative estimate of drug-likeness (QED) is 0.317. The van der Waals surface area contributed by atoms with Gasteiger partial charge in [0.2, 0.25) is 0 Å². The molecule has 2 rings (SSSR count). The molecule has 2 aromatic carbocycles. The van der Waals surface area contributed by atoms with Gasteiger partial charge < -0.3 is 5.11 Å². The van der Waals surface area contributed by atoms with E-state index in [9.17, 15) is 49.4 Å². The maximum absolute atomic E-state index is 13.0. The molecule has 0 radical (unpaired) electrons. The van der Waals surface area contributed by atoms with Crippen molar-refractivity contribution in [2.75, 3.05) is 0 Å². The first-order chi connectivity index (χ1) is 14.0. The van der Waals surface area contributed by atoms with Crippen LogP contribution in [0.2, 0.25) is 0 Å². The first kappa shape index (κ1) is 25.1. The summed E-state index contributed by atoms with van der Waals surface area (Å²) >= 11 is 1.64. The van der Waals surface area contributed by atoms with Crippen molar-refractivity contribution >= 4 is 28.7 Å². The van der Waals surface area contributed by atoms with Crippen LogP contribution in [0, 0.1) is 3.57 Å². The van der Waals surface area contributed by atoms with Gasteiger partial charge in [0.15, 0.2) is 0 Å². The van der Waals surface area contributed by atoms with Crippen molar-refractivity contribution < 1.29 is 49.4 Å². The topological polar surface area (TPSA) is 40.5 Å². The third kappa shape index (κ3) is 6.64. The zero-order valence-electron chi connectivity index (χ0n) is 15.0. The summed E-state index contributed by atoms with van der Waals surface area (Å²) < 4.78 is 117. The Kier molecular flexibility index (Phi) is 7.07. The van der Waals surface area contributed by atoms with Crippen LogP contribution in [0.1, 0.15) is 27.8 Å². The number of carboxylic acid groups (broad SMARTS) is 1. The van der Waals surface area contributed by atoms with Gasteiger partial charge in [-0.15, -0.1) is 0 Å². The summed E-state index contributed by atoms with van der Waals surface area (Å²) in [6.45, 7) is -1.59. The van der Waals surface area contributed by atoms with Gasteiger partial charge in [-0.05, 0) is 70.1 Å². The Labute approximate surface area is 182 Å². The van der Waals surface area contributed by atoms with Crippen LogP contribution in [0.25, 0.3) is 0 Å². The standard InChI is InChI=1S/C18H11F9INO2/c19-16(20,21)11-1-2-14(28)10(5-11)8-29(15(30)31)7-9-3-12(17(22,23)24)6-13(4-9)18(25,26)27/h1-6H,7-8H2,(H,30,31). The highest BCUT2D eigenvalue weighted by atomic mass is 127. The van der Waals surface area contributed by atoms with Crippen LogP contribution in [-0.4, -0.2) is 16.1 Å². The Bertz CT molecular complexity index is 936. The fraction of sp³-hybridized carbons (Fsp3) is 0.278. The Morgan fingerprint density at radius 1 is 0.774 bits per heavy atom. The van der Waals surface area contributed by atoms with Gasteiger partial charge in [-0.2, -0.15) is 39.5 Å². The lowest BCUT2D eigenvalue weighted by molar-refractivity contribution is -0.143. The van der Waals surface area contributed by atoms with Crippen molar-refractivity contribution in [1.82, 2.24) is 4.90 Å². The van der Waals surface area contributed by atoms with Gasteiger partial charge in [0.25, 0.3) is 0 Å². The summed E-state index contributed by atoms with van der Waals surface area (Å²) in [6, 6.07) is 3.13. The molecule has 3 nitrogen and oxygen atoms in total. The van der Waals surface area contributed by atoms with E-state index in [4.69, 9.17) is 0 Å². The molecule has 1 amide bonds. The zero-order valence-corrected chi connectivity index (χ0v) is 17.1. The fourth-order valence-electron chi connectivity index (χ4n) is 2.60. The van der Waals surface area contributed by atoms with Gasteiger partial charge in [0, 0.05) is 10.1 Å². The monoisotopic (exact) mass is 571 g/mol. The molecule has 0 unspecified atom stereocenters. The highest BCUT2D eigenvalue weighted by Gasteiger charge is 2.37. The Morgan fingerprint density at radius 2 is 1.26 bits per heavy atom. The molecular formula is C18H11F9INO2. The fourth-order valence-corrected chi connectivity index (χ4v) is 3.11. The van der Waals surface area contributed by atoms with E-state index in [1.54, 1.807) is 22.6 Å². The van der Waals surface area contributed by atoms with Gasteiger partial charge in [-0.3, -0.25) is 4.90 Å². The number of hydrogen-bond acceptors (Lipinski definition) is 1. The number of halogens is 10. The summed E-state index contributed by atoms with van der Waals surface area (Å²) in [5.41, 5.74) is -5.06. The van der Waals surface area contributed by atoms with Gasteiger partial charge >= 0.3 is 24.6 Å². The lowest BCUT2D eigenvalue weighted by atomic mass is 10.0. The average Bonchev–Trinajstić information content (AvgIpc) is 2.60. The molecule has 0 heterocycles. The molecule has 0 aliphatic heterocycles. The molecule has 1 N–H and O–H groups in total. The molecule has 13 heteroatoms. The van der Waals surface area contributed by atoms with Crippen molar-refractivity contribution in [2.24, 2.45) is 0 Å². The van der Waals surface area contributed by atoms with E-state index in [2.05, 4.69) is 0 Å². The maximum Gasteiger partial charge on any atom is 0.416 e. The van der Waals surface area contributed by atoms with E-state index in [1.807, 2.05) is 0 Å². The van der Waals surface area contributed by atoms with E-state index in [1.165, 1.54) is 0 Å². The van der Waals surface area contributed by atoms with Crippen LogP contribution in [-0.2, 0) is 31.6 Å². The minimum atomic E-state index is -5.12. The predicted octanol–water partition coefficient (Wildman–Crippen LogP) is 7.03. The number of nitrogens with zero attached hydrogens (tertiary/aromatic N) is 1. The van der Waals surface area contributed by atoms with Crippen molar-refractivity contribution in [2.45, 2.75) is 31.6 Å². The summed E-state index contributed by atoms with van der Waals surface area (Å²) in [4.78, 5) is 11.9. The predicted molar refractivity (Wildman–Crippen MR) is 97.9 cm³/mol. The van der Waals surface area contributed by atoms with Crippen LogP contribution < -0.4 is 0 Å². The smallest absolute Gasteiger partial charge is 0.416 e. The van der Waals surface area contributed by atoms with Crippen molar-refractivity contribution in [1.29, 1.82) is 0 Å². The number of carbonyl (C=O) groups is 1. The molecule has 0 saturated carbocycles. The van der Waals surface area contributed by atoms with Crippen LogP contribution >= 0.6 is 22.6 Å². The minimum absolute atomic E-state index is 0.107. The van der Waals surface area contributed by atoms with Crippen molar-refractivity contribution in [3.05, 3.63) is 67.8 Å². The normalized spacial score (nSPS) is 12.7.